The van der Waals surface area contributed by atoms with E-state index in [1.54, 1.807) is 0 Å². The predicted molar refractivity (Wildman–Crippen MR) is 70.8 cm³/mol. The summed E-state index contributed by atoms with van der Waals surface area (Å²) < 4.78 is 0.497. The number of rotatable bonds is 5. The van der Waals surface area contributed by atoms with Gasteiger partial charge in [0.25, 0.3) is 0 Å². The van der Waals surface area contributed by atoms with Gasteiger partial charge in [0.1, 0.15) is 0 Å². The maximum atomic E-state index is 4.68. The first-order valence-corrected chi connectivity index (χ1v) is 6.04. The lowest BCUT2D eigenvalue weighted by atomic mass is 10.2. The molecule has 0 aliphatic heterocycles. The minimum atomic E-state index is 0.497. The Morgan fingerprint density at radius 3 is 2.07 bits per heavy atom. The zero-order chi connectivity index (χ0) is 11.4. The van der Waals surface area contributed by atoms with Crippen LogP contribution in [0.3, 0.4) is 0 Å². The van der Waals surface area contributed by atoms with Gasteiger partial charge in [-0.15, -0.1) is 0 Å². The standard InChI is InChI=1S/C7H15NS2.C3H9N/c1-2-3-4-5-6-8-7(9)10;1-4(2)3/h2-6H2,1H3,(H2,8,9,10);1-3H3. The Morgan fingerprint density at radius 1 is 1.21 bits per heavy atom. The highest BCUT2D eigenvalue weighted by atomic mass is 32.1. The fraction of sp³-hybridized carbons (Fsp3) is 0.900. The molecule has 0 bridgehead atoms. The molecule has 0 aliphatic carbocycles. The van der Waals surface area contributed by atoms with Gasteiger partial charge in [-0.2, -0.15) is 0 Å². The molecule has 4 heteroatoms. The molecule has 0 saturated carbocycles. The normalized spacial score (nSPS) is 9.21. The lowest BCUT2D eigenvalue weighted by molar-refractivity contribution is -0.836. The highest BCUT2D eigenvalue weighted by Crippen LogP contribution is 1.96. The molecule has 0 aromatic rings. The zero-order valence-electron chi connectivity index (χ0n) is 9.85. The third kappa shape index (κ3) is 29.6. The van der Waals surface area contributed by atoms with Crippen molar-refractivity contribution in [3.63, 3.8) is 0 Å². The Kier molecular flexibility index (Phi) is 15.4. The third-order valence-electron chi connectivity index (χ3n) is 1.30. The van der Waals surface area contributed by atoms with Gasteiger partial charge in [0.05, 0.1) is 21.1 Å². The summed E-state index contributed by atoms with van der Waals surface area (Å²) >= 11 is 9.35. The van der Waals surface area contributed by atoms with Crippen LogP contribution in [0.5, 0.6) is 0 Å². The smallest absolute Gasteiger partial charge is 0.0661 e. The summed E-state index contributed by atoms with van der Waals surface area (Å²) in [4.78, 5) is 1.42. The van der Waals surface area contributed by atoms with Crippen molar-refractivity contribution in [1.29, 1.82) is 0 Å². The summed E-state index contributed by atoms with van der Waals surface area (Å²) in [5.41, 5.74) is 0. The van der Waals surface area contributed by atoms with Crippen LogP contribution in [0.25, 0.3) is 0 Å². The second kappa shape index (κ2) is 13.1. The zero-order valence-corrected chi connectivity index (χ0v) is 11.5. The van der Waals surface area contributed by atoms with Crippen LogP contribution in [0.2, 0.25) is 0 Å². The lowest BCUT2D eigenvalue weighted by Crippen LogP contribution is -3.02. The van der Waals surface area contributed by atoms with Crippen LogP contribution in [-0.2, 0) is 12.6 Å². The van der Waals surface area contributed by atoms with E-state index in [9.17, 15) is 0 Å². The number of nitrogens with one attached hydrogen (secondary N) is 2. The van der Waals surface area contributed by atoms with Crippen molar-refractivity contribution in [2.24, 2.45) is 0 Å². The van der Waals surface area contributed by atoms with Crippen LogP contribution >= 0.6 is 12.2 Å². The number of unbranched alkanes of at least 4 members (excludes halogenated alkanes) is 3. The quantitative estimate of drug-likeness (QED) is 0.417. The number of hydrogen-bond acceptors (Lipinski definition) is 2. The highest BCUT2D eigenvalue weighted by molar-refractivity contribution is 8.00. The largest absolute Gasteiger partial charge is 0.412 e. The third-order valence-corrected chi connectivity index (χ3v) is 1.59. The van der Waals surface area contributed by atoms with E-state index in [0.717, 1.165) is 6.54 Å². The molecule has 0 aromatic carbocycles. The van der Waals surface area contributed by atoms with Gasteiger partial charge in [-0.25, -0.2) is 0 Å². The van der Waals surface area contributed by atoms with Gasteiger partial charge in [0.2, 0.25) is 0 Å². The van der Waals surface area contributed by atoms with Crippen molar-refractivity contribution in [3.8, 4) is 0 Å². The fourth-order valence-electron chi connectivity index (χ4n) is 0.742. The topological polar surface area (TPSA) is 16.5 Å². The van der Waals surface area contributed by atoms with E-state index in [1.165, 1.54) is 30.6 Å². The van der Waals surface area contributed by atoms with Crippen molar-refractivity contribution in [3.05, 3.63) is 0 Å². The first kappa shape index (κ1) is 16.5. The molecule has 0 saturated heterocycles. The van der Waals surface area contributed by atoms with E-state index in [4.69, 9.17) is 0 Å². The number of quaternary nitrogens is 1. The maximum Gasteiger partial charge on any atom is 0.0661 e. The van der Waals surface area contributed by atoms with Crippen molar-refractivity contribution >= 4 is 29.2 Å². The van der Waals surface area contributed by atoms with Crippen LogP contribution in [0.15, 0.2) is 0 Å². The van der Waals surface area contributed by atoms with E-state index < -0.39 is 0 Å². The average molecular weight is 236 g/mol. The van der Waals surface area contributed by atoms with Gasteiger partial charge >= 0.3 is 0 Å². The molecule has 2 N–H and O–H groups in total. The summed E-state index contributed by atoms with van der Waals surface area (Å²) in [6.45, 7) is 3.15. The number of thiocarbonyl (C=S) groups is 1. The van der Waals surface area contributed by atoms with Crippen molar-refractivity contribution in [2.45, 2.75) is 32.6 Å². The Labute approximate surface area is 99.9 Å². The molecule has 0 rings (SSSR count). The van der Waals surface area contributed by atoms with Crippen molar-refractivity contribution in [2.75, 3.05) is 27.7 Å². The SMILES string of the molecule is CCCCCCNC(=S)[S-].C[NH+](C)C. The second-order valence-corrected chi connectivity index (χ2v) is 4.85. The minimum absolute atomic E-state index is 0.497. The van der Waals surface area contributed by atoms with Crippen LogP contribution in [0, 0.1) is 0 Å². The molecule has 0 heterocycles. The Morgan fingerprint density at radius 2 is 1.71 bits per heavy atom. The molecule has 0 unspecified atom stereocenters. The predicted octanol–water partition coefficient (Wildman–Crippen LogP) is 0.749. The van der Waals surface area contributed by atoms with E-state index >= 15 is 0 Å². The van der Waals surface area contributed by atoms with Crippen LogP contribution in [0.4, 0.5) is 0 Å². The summed E-state index contributed by atoms with van der Waals surface area (Å²) in [6, 6.07) is 0. The molecule has 0 spiro atoms. The monoisotopic (exact) mass is 236 g/mol. The first-order chi connectivity index (χ1) is 6.50. The molecule has 0 atom stereocenters. The van der Waals surface area contributed by atoms with E-state index in [1.807, 2.05) is 0 Å². The van der Waals surface area contributed by atoms with Crippen LogP contribution < -0.4 is 10.2 Å². The summed E-state index contributed by atoms with van der Waals surface area (Å²) in [7, 11) is 6.25. The van der Waals surface area contributed by atoms with Crippen LogP contribution in [-0.4, -0.2) is 32.0 Å². The van der Waals surface area contributed by atoms with E-state index in [2.05, 4.69) is 58.2 Å². The van der Waals surface area contributed by atoms with Gasteiger partial charge in [-0.3, -0.25) is 0 Å². The molecule has 0 aliphatic rings. The molecule has 0 radical (unpaired) electrons. The van der Waals surface area contributed by atoms with E-state index in [-0.39, 0.29) is 0 Å². The Bertz CT molecular complexity index is 125. The first-order valence-electron chi connectivity index (χ1n) is 5.22. The second-order valence-electron chi connectivity index (χ2n) is 3.77. The molecular formula is C10H24N2S2. The average Bonchev–Trinajstić information content (AvgIpc) is 2.02. The molecule has 14 heavy (non-hydrogen) atoms. The summed E-state index contributed by atoms with van der Waals surface area (Å²) in [6.07, 6.45) is 5.05. The van der Waals surface area contributed by atoms with Gasteiger partial charge in [-0.05, 0) is 6.42 Å². The molecule has 0 aromatic heterocycles. The highest BCUT2D eigenvalue weighted by Gasteiger charge is 1.84. The van der Waals surface area contributed by atoms with E-state index in [0.29, 0.717) is 4.32 Å². The van der Waals surface area contributed by atoms with Gasteiger partial charge in [0.15, 0.2) is 0 Å². The summed E-state index contributed by atoms with van der Waals surface area (Å²) in [5.74, 6) is 0. The van der Waals surface area contributed by atoms with Gasteiger partial charge < -0.3 is 35.1 Å². The van der Waals surface area contributed by atoms with Gasteiger partial charge in [0, 0.05) is 6.54 Å². The van der Waals surface area contributed by atoms with Gasteiger partial charge in [-0.1, -0.05) is 30.5 Å². The molecule has 0 fully saturated rings. The molecule has 0 amide bonds. The number of hydrogen-bond donors (Lipinski definition) is 2. The summed E-state index contributed by atoms with van der Waals surface area (Å²) in [5, 5.41) is 2.95. The molecular weight excluding hydrogens is 212 g/mol. The molecule has 86 valence electrons. The van der Waals surface area contributed by atoms with Crippen molar-refractivity contribution in [1.82, 2.24) is 5.32 Å². The maximum absolute atomic E-state index is 4.68. The minimum Gasteiger partial charge on any atom is -0.412 e. The molecule has 2 nitrogen and oxygen atoms in total. The van der Waals surface area contributed by atoms with Crippen LogP contribution in [0.1, 0.15) is 32.6 Å². The fourth-order valence-corrected chi connectivity index (χ4v) is 0.946. The Balaban J connectivity index is 0. The van der Waals surface area contributed by atoms with Crippen molar-refractivity contribution < 1.29 is 4.90 Å². The Hall–Kier alpha value is 0.0700. The lowest BCUT2D eigenvalue weighted by Gasteiger charge is -2.07.